The first-order valence-corrected chi connectivity index (χ1v) is 8.49. The van der Waals surface area contributed by atoms with E-state index in [0.29, 0.717) is 12.1 Å². The van der Waals surface area contributed by atoms with Gasteiger partial charge in [0, 0.05) is 29.6 Å². The van der Waals surface area contributed by atoms with E-state index in [1.807, 2.05) is 12.1 Å². The number of rotatable bonds is 3. The molecule has 2 rings (SSSR count). The van der Waals surface area contributed by atoms with Crippen molar-refractivity contribution in [3.63, 3.8) is 0 Å². The molecule has 2 unspecified atom stereocenters. The van der Waals surface area contributed by atoms with Gasteiger partial charge < -0.3 is 15.0 Å². The number of nitrogens with one attached hydrogen (secondary N) is 1. The van der Waals surface area contributed by atoms with E-state index in [-0.39, 0.29) is 5.41 Å². The predicted octanol–water partition coefficient (Wildman–Crippen LogP) is 4.06. The normalized spacial score (nSPS) is 23.2. The van der Waals surface area contributed by atoms with Crippen LogP contribution in [0.2, 0.25) is 0 Å². The summed E-state index contributed by atoms with van der Waals surface area (Å²) in [6, 6.07) is 7.23. The number of nitrogens with zero attached hydrogens (tertiary/aromatic N) is 1. The summed E-state index contributed by atoms with van der Waals surface area (Å²) in [6.07, 6.45) is 1.12. The SMILES string of the molecule is CCC1CNC(C(C)(C)C)CN1c1cc(Br)ccc1OC. The lowest BCUT2D eigenvalue weighted by Crippen LogP contribution is -2.60. The standard InChI is InChI=1S/C17H27BrN2O/c1-6-13-10-19-16(17(2,3)4)11-20(13)14-9-12(18)7-8-15(14)21-5/h7-9,13,16,19H,6,10-11H2,1-5H3. The Balaban J connectivity index is 2.35. The smallest absolute Gasteiger partial charge is 0.142 e. The summed E-state index contributed by atoms with van der Waals surface area (Å²) in [6.45, 7) is 11.2. The van der Waals surface area contributed by atoms with Crippen LogP contribution < -0.4 is 15.0 Å². The molecule has 0 spiro atoms. The molecule has 0 radical (unpaired) electrons. The Bertz CT molecular complexity index is 484. The lowest BCUT2D eigenvalue weighted by molar-refractivity contribution is 0.233. The number of hydrogen-bond donors (Lipinski definition) is 1. The lowest BCUT2D eigenvalue weighted by Gasteiger charge is -2.46. The fourth-order valence-electron chi connectivity index (χ4n) is 2.93. The van der Waals surface area contributed by atoms with Gasteiger partial charge in [0.1, 0.15) is 5.75 Å². The second-order valence-electron chi connectivity index (χ2n) is 6.86. The minimum Gasteiger partial charge on any atom is -0.495 e. The van der Waals surface area contributed by atoms with Crippen molar-refractivity contribution in [3.8, 4) is 5.75 Å². The monoisotopic (exact) mass is 354 g/mol. The number of benzene rings is 1. The van der Waals surface area contributed by atoms with E-state index in [9.17, 15) is 0 Å². The second-order valence-corrected chi connectivity index (χ2v) is 7.77. The van der Waals surface area contributed by atoms with Crippen LogP contribution in [0, 0.1) is 5.41 Å². The predicted molar refractivity (Wildman–Crippen MR) is 93.4 cm³/mol. The molecule has 1 saturated heterocycles. The third-order valence-electron chi connectivity index (χ3n) is 4.39. The van der Waals surface area contributed by atoms with Gasteiger partial charge in [0.2, 0.25) is 0 Å². The summed E-state index contributed by atoms with van der Waals surface area (Å²) < 4.78 is 6.68. The Morgan fingerprint density at radius 2 is 2.10 bits per heavy atom. The van der Waals surface area contributed by atoms with E-state index in [1.54, 1.807) is 7.11 Å². The molecule has 1 heterocycles. The van der Waals surface area contributed by atoms with Crippen molar-refractivity contribution in [1.82, 2.24) is 5.32 Å². The number of ether oxygens (including phenoxy) is 1. The Hall–Kier alpha value is -0.740. The van der Waals surface area contributed by atoms with Crippen LogP contribution in [0.15, 0.2) is 22.7 Å². The number of halogens is 1. The molecule has 4 heteroatoms. The second kappa shape index (κ2) is 6.57. The Labute approximate surface area is 137 Å². The molecule has 0 aromatic heterocycles. The van der Waals surface area contributed by atoms with Crippen molar-refractivity contribution in [3.05, 3.63) is 22.7 Å². The van der Waals surface area contributed by atoms with Crippen molar-refractivity contribution in [2.45, 2.75) is 46.2 Å². The minimum absolute atomic E-state index is 0.246. The molecule has 1 fully saturated rings. The lowest BCUT2D eigenvalue weighted by atomic mass is 9.84. The van der Waals surface area contributed by atoms with E-state index < -0.39 is 0 Å². The Morgan fingerprint density at radius 3 is 2.67 bits per heavy atom. The van der Waals surface area contributed by atoms with Gasteiger partial charge >= 0.3 is 0 Å². The van der Waals surface area contributed by atoms with Crippen LogP contribution in [-0.2, 0) is 0 Å². The van der Waals surface area contributed by atoms with Crippen LogP contribution in [0.1, 0.15) is 34.1 Å². The van der Waals surface area contributed by atoms with E-state index in [1.165, 1.54) is 5.69 Å². The van der Waals surface area contributed by atoms with Crippen molar-refractivity contribution in [2.75, 3.05) is 25.1 Å². The Kier molecular flexibility index (Phi) is 5.20. The summed E-state index contributed by atoms with van der Waals surface area (Å²) in [5.74, 6) is 0.950. The number of anilines is 1. The van der Waals surface area contributed by atoms with Gasteiger partial charge in [0.15, 0.2) is 0 Å². The maximum atomic E-state index is 5.58. The molecule has 0 aliphatic carbocycles. The summed E-state index contributed by atoms with van der Waals surface area (Å²) in [5, 5.41) is 3.72. The molecule has 0 saturated carbocycles. The number of piperazine rings is 1. The third kappa shape index (κ3) is 3.72. The molecular formula is C17H27BrN2O. The quantitative estimate of drug-likeness (QED) is 0.885. The summed E-state index contributed by atoms with van der Waals surface area (Å²) in [7, 11) is 1.75. The highest BCUT2D eigenvalue weighted by Gasteiger charge is 2.34. The molecule has 0 bridgehead atoms. The molecule has 21 heavy (non-hydrogen) atoms. The van der Waals surface area contributed by atoms with Gasteiger partial charge in [-0.25, -0.2) is 0 Å². The van der Waals surface area contributed by atoms with Gasteiger partial charge in [-0.05, 0) is 30.0 Å². The Morgan fingerprint density at radius 1 is 1.38 bits per heavy atom. The van der Waals surface area contributed by atoms with Crippen LogP contribution in [0.4, 0.5) is 5.69 Å². The minimum atomic E-state index is 0.246. The van der Waals surface area contributed by atoms with Gasteiger partial charge in [-0.2, -0.15) is 0 Å². The largest absolute Gasteiger partial charge is 0.495 e. The highest BCUT2D eigenvalue weighted by Crippen LogP contribution is 2.35. The van der Waals surface area contributed by atoms with Gasteiger partial charge in [-0.15, -0.1) is 0 Å². The molecule has 2 atom stereocenters. The van der Waals surface area contributed by atoms with Crippen LogP contribution in [0.25, 0.3) is 0 Å². The molecule has 1 aromatic carbocycles. The van der Waals surface area contributed by atoms with E-state index >= 15 is 0 Å². The first-order valence-electron chi connectivity index (χ1n) is 7.70. The first-order chi connectivity index (χ1) is 9.86. The molecule has 3 nitrogen and oxygen atoms in total. The average molecular weight is 355 g/mol. The van der Waals surface area contributed by atoms with Gasteiger partial charge in [0.25, 0.3) is 0 Å². The van der Waals surface area contributed by atoms with Crippen molar-refractivity contribution in [1.29, 1.82) is 0 Å². The van der Waals surface area contributed by atoms with Crippen molar-refractivity contribution < 1.29 is 4.74 Å². The fourth-order valence-corrected chi connectivity index (χ4v) is 3.28. The van der Waals surface area contributed by atoms with Crippen LogP contribution >= 0.6 is 15.9 Å². The maximum absolute atomic E-state index is 5.58. The van der Waals surface area contributed by atoms with Gasteiger partial charge in [0.05, 0.1) is 12.8 Å². The highest BCUT2D eigenvalue weighted by atomic mass is 79.9. The third-order valence-corrected chi connectivity index (χ3v) is 4.88. The van der Waals surface area contributed by atoms with E-state index in [2.05, 4.69) is 59.9 Å². The first kappa shape index (κ1) is 16.6. The number of methoxy groups -OCH3 is 1. The molecule has 118 valence electrons. The summed E-state index contributed by atoms with van der Waals surface area (Å²) >= 11 is 3.59. The zero-order chi connectivity index (χ0) is 15.6. The number of hydrogen-bond acceptors (Lipinski definition) is 3. The molecule has 1 aliphatic rings. The zero-order valence-electron chi connectivity index (χ0n) is 13.7. The van der Waals surface area contributed by atoms with Crippen LogP contribution in [0.5, 0.6) is 5.75 Å². The maximum Gasteiger partial charge on any atom is 0.142 e. The molecule has 0 amide bonds. The van der Waals surface area contributed by atoms with Crippen LogP contribution in [0.3, 0.4) is 0 Å². The molecular weight excluding hydrogens is 328 g/mol. The molecule has 1 N–H and O–H groups in total. The summed E-state index contributed by atoms with van der Waals surface area (Å²) in [5.41, 5.74) is 1.44. The van der Waals surface area contributed by atoms with Gasteiger partial charge in [-0.1, -0.05) is 43.6 Å². The van der Waals surface area contributed by atoms with Gasteiger partial charge in [-0.3, -0.25) is 0 Å². The molecule has 1 aliphatic heterocycles. The van der Waals surface area contributed by atoms with Crippen LogP contribution in [-0.4, -0.2) is 32.3 Å². The average Bonchev–Trinajstić information content (AvgIpc) is 2.45. The zero-order valence-corrected chi connectivity index (χ0v) is 15.3. The topological polar surface area (TPSA) is 24.5 Å². The van der Waals surface area contributed by atoms with E-state index in [0.717, 1.165) is 29.7 Å². The van der Waals surface area contributed by atoms with E-state index in [4.69, 9.17) is 4.74 Å². The van der Waals surface area contributed by atoms with Crippen molar-refractivity contribution >= 4 is 21.6 Å². The summed E-state index contributed by atoms with van der Waals surface area (Å²) in [4.78, 5) is 2.51. The highest BCUT2D eigenvalue weighted by molar-refractivity contribution is 9.10. The molecule has 1 aromatic rings. The fraction of sp³-hybridized carbons (Fsp3) is 0.647. The van der Waals surface area contributed by atoms with Crippen molar-refractivity contribution in [2.24, 2.45) is 5.41 Å².